The zero-order valence-electron chi connectivity index (χ0n) is 16.9. The van der Waals surface area contributed by atoms with Crippen molar-refractivity contribution in [3.05, 3.63) is 88.9 Å². The number of rotatable bonds is 5. The lowest BCUT2D eigenvalue weighted by atomic mass is 10.1. The van der Waals surface area contributed by atoms with E-state index in [9.17, 15) is 4.79 Å². The fourth-order valence-corrected chi connectivity index (χ4v) is 3.26. The van der Waals surface area contributed by atoms with Gasteiger partial charge in [-0.2, -0.15) is 0 Å². The SMILES string of the molecule is COc1cccc(NC(=O)c2cc3cc(Cl)ccc3oc2=Nc2ccccc2OC)c1. The smallest absolute Gasteiger partial charge is 0.261 e. The van der Waals surface area contributed by atoms with Crippen molar-refractivity contribution in [3.8, 4) is 11.5 Å². The van der Waals surface area contributed by atoms with Gasteiger partial charge >= 0.3 is 0 Å². The predicted octanol–water partition coefficient (Wildman–Crippen LogP) is 5.59. The van der Waals surface area contributed by atoms with E-state index in [2.05, 4.69) is 10.3 Å². The van der Waals surface area contributed by atoms with Crippen LogP contribution in [-0.2, 0) is 0 Å². The van der Waals surface area contributed by atoms with Gasteiger partial charge in [0.15, 0.2) is 0 Å². The molecule has 4 aromatic rings. The highest BCUT2D eigenvalue weighted by molar-refractivity contribution is 6.31. The first-order valence-corrected chi connectivity index (χ1v) is 9.82. The molecule has 3 aromatic carbocycles. The number of benzene rings is 3. The van der Waals surface area contributed by atoms with E-state index >= 15 is 0 Å². The largest absolute Gasteiger partial charge is 0.497 e. The summed E-state index contributed by atoms with van der Waals surface area (Å²) < 4.78 is 16.6. The van der Waals surface area contributed by atoms with Gasteiger partial charge in [0.05, 0.1) is 14.2 Å². The van der Waals surface area contributed by atoms with Crippen LogP contribution in [0.5, 0.6) is 11.5 Å². The number of fused-ring (bicyclic) bond motifs is 1. The second kappa shape index (κ2) is 8.93. The Labute approximate surface area is 183 Å². The third-order valence-corrected chi connectivity index (χ3v) is 4.82. The fourth-order valence-electron chi connectivity index (χ4n) is 3.08. The predicted molar refractivity (Wildman–Crippen MR) is 120 cm³/mol. The van der Waals surface area contributed by atoms with E-state index < -0.39 is 0 Å². The van der Waals surface area contributed by atoms with Gasteiger partial charge in [0.2, 0.25) is 5.55 Å². The van der Waals surface area contributed by atoms with Gasteiger partial charge in [0.25, 0.3) is 5.91 Å². The molecule has 7 heteroatoms. The zero-order chi connectivity index (χ0) is 21.8. The molecule has 0 radical (unpaired) electrons. The lowest BCUT2D eigenvalue weighted by Crippen LogP contribution is -2.21. The number of carbonyl (C=O) groups is 1. The van der Waals surface area contributed by atoms with Crippen LogP contribution in [0.3, 0.4) is 0 Å². The van der Waals surface area contributed by atoms with E-state index in [1.54, 1.807) is 74.9 Å². The summed E-state index contributed by atoms with van der Waals surface area (Å²) in [5, 5.41) is 4.08. The van der Waals surface area contributed by atoms with Crippen molar-refractivity contribution in [3.63, 3.8) is 0 Å². The summed E-state index contributed by atoms with van der Waals surface area (Å²) in [6.07, 6.45) is 0. The van der Waals surface area contributed by atoms with E-state index in [0.29, 0.717) is 38.9 Å². The van der Waals surface area contributed by atoms with Crippen molar-refractivity contribution in [2.45, 2.75) is 0 Å². The molecule has 0 aliphatic heterocycles. The number of hydrogen-bond donors (Lipinski definition) is 1. The van der Waals surface area contributed by atoms with Crippen LogP contribution in [0.2, 0.25) is 5.02 Å². The summed E-state index contributed by atoms with van der Waals surface area (Å²) in [5.74, 6) is 0.812. The first kappa shape index (κ1) is 20.5. The van der Waals surface area contributed by atoms with Gasteiger partial charge in [-0.15, -0.1) is 0 Å². The number of ether oxygens (including phenoxy) is 2. The molecule has 0 aliphatic carbocycles. The fraction of sp³-hybridized carbons (Fsp3) is 0.0833. The Hall–Kier alpha value is -3.77. The number of carbonyl (C=O) groups excluding carboxylic acids is 1. The van der Waals surface area contributed by atoms with Gasteiger partial charge in [0, 0.05) is 22.2 Å². The number of nitrogens with zero attached hydrogens (tertiary/aromatic N) is 1. The summed E-state index contributed by atoms with van der Waals surface area (Å²) in [7, 11) is 3.13. The van der Waals surface area contributed by atoms with Gasteiger partial charge in [0.1, 0.15) is 28.3 Å². The van der Waals surface area contributed by atoms with Crippen molar-refractivity contribution >= 4 is 39.9 Å². The number of para-hydroxylation sites is 2. The molecule has 1 aromatic heterocycles. The quantitative estimate of drug-likeness (QED) is 0.444. The van der Waals surface area contributed by atoms with Crippen LogP contribution in [0.4, 0.5) is 11.4 Å². The summed E-state index contributed by atoms with van der Waals surface area (Å²) in [4.78, 5) is 17.7. The van der Waals surface area contributed by atoms with E-state index in [1.807, 2.05) is 12.1 Å². The number of anilines is 1. The molecule has 0 saturated carbocycles. The van der Waals surface area contributed by atoms with Gasteiger partial charge in [-0.1, -0.05) is 29.8 Å². The highest BCUT2D eigenvalue weighted by Crippen LogP contribution is 2.26. The Morgan fingerprint density at radius 2 is 1.81 bits per heavy atom. The molecule has 4 rings (SSSR count). The van der Waals surface area contributed by atoms with Crippen molar-refractivity contribution in [1.82, 2.24) is 0 Å². The maximum absolute atomic E-state index is 13.2. The number of nitrogens with one attached hydrogen (secondary N) is 1. The molecule has 1 N–H and O–H groups in total. The topological polar surface area (TPSA) is 73.1 Å². The molecule has 0 aliphatic rings. The summed E-state index contributed by atoms with van der Waals surface area (Å²) in [6, 6.07) is 21.2. The van der Waals surface area contributed by atoms with E-state index in [4.69, 9.17) is 25.5 Å². The highest BCUT2D eigenvalue weighted by Gasteiger charge is 2.14. The molecule has 1 heterocycles. The standard InChI is InChI=1S/C24H19ClN2O4/c1-29-18-7-5-6-17(14-18)26-23(28)19-13-15-12-16(25)10-11-21(15)31-24(19)27-20-8-3-4-9-22(20)30-2/h3-14H,1-2H3,(H,26,28). The van der Waals surface area contributed by atoms with Crippen LogP contribution in [-0.4, -0.2) is 20.1 Å². The maximum Gasteiger partial charge on any atom is 0.261 e. The minimum Gasteiger partial charge on any atom is -0.497 e. The lowest BCUT2D eigenvalue weighted by molar-refractivity contribution is 0.102. The van der Waals surface area contributed by atoms with E-state index in [1.165, 1.54) is 0 Å². The second-order valence-electron chi connectivity index (χ2n) is 6.62. The van der Waals surface area contributed by atoms with E-state index in [-0.39, 0.29) is 17.0 Å². The molecular weight excluding hydrogens is 416 g/mol. The van der Waals surface area contributed by atoms with Crippen molar-refractivity contribution in [2.24, 2.45) is 4.99 Å². The van der Waals surface area contributed by atoms with Crippen molar-refractivity contribution < 1.29 is 18.7 Å². The van der Waals surface area contributed by atoms with E-state index in [0.717, 1.165) is 0 Å². The van der Waals surface area contributed by atoms with Crippen LogP contribution < -0.4 is 20.3 Å². The molecule has 31 heavy (non-hydrogen) atoms. The molecule has 0 unspecified atom stereocenters. The minimum absolute atomic E-state index is 0.153. The second-order valence-corrected chi connectivity index (χ2v) is 7.05. The summed E-state index contributed by atoms with van der Waals surface area (Å²) in [5.41, 5.74) is 2.08. The number of halogens is 1. The Kier molecular flexibility index (Phi) is 5.91. The number of methoxy groups -OCH3 is 2. The van der Waals surface area contributed by atoms with Gasteiger partial charge in [-0.3, -0.25) is 4.79 Å². The van der Waals surface area contributed by atoms with Crippen LogP contribution in [0.1, 0.15) is 10.4 Å². The Balaban J connectivity index is 1.86. The van der Waals surface area contributed by atoms with Gasteiger partial charge in [-0.05, 0) is 48.5 Å². The average Bonchev–Trinajstić information content (AvgIpc) is 2.79. The third-order valence-electron chi connectivity index (χ3n) is 4.59. The van der Waals surface area contributed by atoms with Crippen LogP contribution >= 0.6 is 11.6 Å². The Morgan fingerprint density at radius 3 is 2.61 bits per heavy atom. The lowest BCUT2D eigenvalue weighted by Gasteiger charge is -2.09. The molecule has 0 bridgehead atoms. The Morgan fingerprint density at radius 1 is 0.968 bits per heavy atom. The molecule has 0 spiro atoms. The Bertz CT molecular complexity index is 1330. The molecule has 0 saturated heterocycles. The van der Waals surface area contributed by atoms with Crippen LogP contribution in [0.15, 0.2) is 82.2 Å². The first-order chi connectivity index (χ1) is 15.1. The van der Waals surface area contributed by atoms with Crippen molar-refractivity contribution in [2.75, 3.05) is 19.5 Å². The number of amides is 1. The molecule has 1 amide bonds. The maximum atomic E-state index is 13.2. The molecule has 6 nitrogen and oxygen atoms in total. The summed E-state index contributed by atoms with van der Waals surface area (Å²) in [6.45, 7) is 0. The van der Waals surface area contributed by atoms with Crippen LogP contribution in [0, 0.1) is 0 Å². The normalized spacial score (nSPS) is 11.4. The molecule has 0 atom stereocenters. The highest BCUT2D eigenvalue weighted by atomic mass is 35.5. The first-order valence-electron chi connectivity index (χ1n) is 9.44. The average molecular weight is 435 g/mol. The number of hydrogen-bond acceptors (Lipinski definition) is 5. The molecule has 0 fully saturated rings. The monoisotopic (exact) mass is 434 g/mol. The van der Waals surface area contributed by atoms with Gasteiger partial charge in [-0.25, -0.2) is 4.99 Å². The summed E-state index contributed by atoms with van der Waals surface area (Å²) >= 11 is 6.13. The molecule has 156 valence electrons. The van der Waals surface area contributed by atoms with Gasteiger partial charge < -0.3 is 19.2 Å². The third kappa shape index (κ3) is 4.54. The van der Waals surface area contributed by atoms with Crippen molar-refractivity contribution in [1.29, 1.82) is 0 Å². The zero-order valence-corrected chi connectivity index (χ0v) is 17.6. The molecular formula is C24H19ClN2O4. The van der Waals surface area contributed by atoms with Crippen LogP contribution in [0.25, 0.3) is 11.0 Å². The minimum atomic E-state index is -0.382.